The molecule has 0 unspecified atom stereocenters. The van der Waals surface area contributed by atoms with Crippen molar-refractivity contribution in [3.05, 3.63) is 78.6 Å². The van der Waals surface area contributed by atoms with Gasteiger partial charge >= 0.3 is 0 Å². The van der Waals surface area contributed by atoms with Crippen molar-refractivity contribution in [3.63, 3.8) is 0 Å². The molecule has 41 heavy (non-hydrogen) atoms. The molecule has 1 amide bonds. The molecule has 7 nitrogen and oxygen atoms in total. The van der Waals surface area contributed by atoms with Crippen LogP contribution in [-0.4, -0.2) is 71.1 Å². The number of aromatic nitrogens is 2. The lowest BCUT2D eigenvalue weighted by atomic mass is 9.86. The van der Waals surface area contributed by atoms with Crippen molar-refractivity contribution in [2.75, 3.05) is 39.9 Å². The summed E-state index contributed by atoms with van der Waals surface area (Å²) >= 11 is 0. The van der Waals surface area contributed by atoms with Crippen molar-refractivity contribution in [1.82, 2.24) is 19.2 Å². The van der Waals surface area contributed by atoms with Crippen molar-refractivity contribution in [1.29, 1.82) is 0 Å². The molecule has 0 radical (unpaired) electrons. The molecule has 0 spiro atoms. The highest BCUT2D eigenvalue weighted by Crippen LogP contribution is 2.31. The lowest BCUT2D eigenvalue weighted by Gasteiger charge is -2.38. The second-order valence-corrected chi connectivity index (χ2v) is 11.2. The van der Waals surface area contributed by atoms with Crippen LogP contribution >= 0.6 is 0 Å². The maximum absolute atomic E-state index is 13.3. The van der Waals surface area contributed by atoms with Crippen LogP contribution in [0.15, 0.2) is 72.9 Å². The van der Waals surface area contributed by atoms with Gasteiger partial charge in [-0.3, -0.25) is 9.69 Å². The van der Waals surface area contributed by atoms with Crippen LogP contribution in [0.2, 0.25) is 0 Å². The van der Waals surface area contributed by atoms with Gasteiger partial charge in [-0.2, -0.15) is 0 Å². The number of amides is 1. The summed E-state index contributed by atoms with van der Waals surface area (Å²) in [7, 11) is 1.76. The third-order valence-corrected chi connectivity index (χ3v) is 8.61. The second kappa shape index (κ2) is 12.5. The third kappa shape index (κ3) is 6.02. The van der Waals surface area contributed by atoms with Crippen LogP contribution in [0.25, 0.3) is 28.0 Å². The van der Waals surface area contributed by atoms with Gasteiger partial charge in [0.15, 0.2) is 0 Å². The van der Waals surface area contributed by atoms with Crippen LogP contribution in [0.1, 0.15) is 38.3 Å². The molecule has 0 N–H and O–H groups in total. The predicted octanol–water partition coefficient (Wildman–Crippen LogP) is 5.92. The van der Waals surface area contributed by atoms with E-state index in [2.05, 4.69) is 68.9 Å². The maximum atomic E-state index is 13.3. The van der Waals surface area contributed by atoms with Crippen molar-refractivity contribution < 1.29 is 14.3 Å². The number of rotatable bonds is 8. The van der Waals surface area contributed by atoms with E-state index in [1.54, 1.807) is 7.11 Å². The Hall–Kier alpha value is -3.68. The van der Waals surface area contributed by atoms with Crippen molar-refractivity contribution in [2.24, 2.45) is 5.92 Å². The molecular formula is C34H40N4O3. The predicted molar refractivity (Wildman–Crippen MR) is 162 cm³/mol. The summed E-state index contributed by atoms with van der Waals surface area (Å²) < 4.78 is 13.6. The van der Waals surface area contributed by atoms with Crippen molar-refractivity contribution in [3.8, 4) is 28.1 Å². The van der Waals surface area contributed by atoms with Crippen LogP contribution in [0.4, 0.5) is 0 Å². The van der Waals surface area contributed by atoms with Gasteiger partial charge in [0.1, 0.15) is 11.4 Å². The number of pyridine rings is 1. The Balaban J connectivity index is 1.24. The Morgan fingerprint density at radius 1 is 0.927 bits per heavy atom. The molecule has 2 fully saturated rings. The van der Waals surface area contributed by atoms with E-state index >= 15 is 0 Å². The molecule has 1 aliphatic carbocycles. The van der Waals surface area contributed by atoms with Crippen LogP contribution in [0, 0.1) is 5.92 Å². The Bertz CT molecular complexity index is 1480. The van der Waals surface area contributed by atoms with Crippen LogP contribution in [-0.2, 0) is 16.1 Å². The smallest absolute Gasteiger partial charge is 0.225 e. The fraction of sp³-hybridized carbons (Fsp3) is 0.412. The highest BCUT2D eigenvalue weighted by atomic mass is 16.5. The molecule has 2 aromatic heterocycles. The molecule has 214 valence electrons. The topological polar surface area (TPSA) is 59.3 Å². The molecular weight excluding hydrogens is 512 g/mol. The zero-order valence-electron chi connectivity index (χ0n) is 24.2. The number of carbonyl (C=O) groups is 1. The number of carbonyl (C=O) groups excluding carboxylic acids is 1. The number of methoxy groups -OCH3 is 1. The van der Waals surface area contributed by atoms with E-state index in [0.29, 0.717) is 12.5 Å². The van der Waals surface area contributed by atoms with Gasteiger partial charge in [-0.05, 0) is 61.6 Å². The van der Waals surface area contributed by atoms with Crippen molar-refractivity contribution >= 4 is 11.6 Å². The average Bonchev–Trinajstić information content (AvgIpc) is 3.39. The zero-order chi connectivity index (χ0) is 28.2. The lowest BCUT2D eigenvalue weighted by Crippen LogP contribution is -2.50. The molecule has 2 atom stereocenters. The van der Waals surface area contributed by atoms with Crippen LogP contribution < -0.4 is 4.74 Å². The largest absolute Gasteiger partial charge is 0.494 e. The van der Waals surface area contributed by atoms with E-state index in [9.17, 15) is 4.79 Å². The molecule has 0 bridgehead atoms. The Labute approximate surface area is 242 Å². The summed E-state index contributed by atoms with van der Waals surface area (Å²) in [4.78, 5) is 22.9. The van der Waals surface area contributed by atoms with Crippen LogP contribution in [0.5, 0.6) is 5.75 Å². The van der Waals surface area contributed by atoms with Gasteiger partial charge in [0.25, 0.3) is 0 Å². The van der Waals surface area contributed by atoms with Gasteiger partial charge in [0, 0.05) is 57.5 Å². The number of benzene rings is 2. The quantitative estimate of drug-likeness (QED) is 0.272. The van der Waals surface area contributed by atoms with E-state index < -0.39 is 0 Å². The van der Waals surface area contributed by atoms with Gasteiger partial charge in [-0.1, -0.05) is 48.9 Å². The maximum Gasteiger partial charge on any atom is 0.225 e. The highest BCUT2D eigenvalue weighted by Gasteiger charge is 2.32. The minimum absolute atomic E-state index is 0.100. The van der Waals surface area contributed by atoms with E-state index in [-0.39, 0.29) is 12.0 Å². The monoisotopic (exact) mass is 552 g/mol. The molecule has 3 heterocycles. The first-order valence-electron chi connectivity index (χ1n) is 15.0. The number of fused-ring (bicyclic) bond motifs is 1. The van der Waals surface area contributed by atoms with Gasteiger partial charge in [0.05, 0.1) is 24.1 Å². The second-order valence-electron chi connectivity index (χ2n) is 11.2. The Morgan fingerprint density at radius 2 is 1.73 bits per heavy atom. The van der Waals surface area contributed by atoms with Gasteiger partial charge in [-0.25, -0.2) is 4.98 Å². The first kappa shape index (κ1) is 27.5. The molecule has 1 saturated carbocycles. The van der Waals surface area contributed by atoms with E-state index in [0.717, 1.165) is 92.2 Å². The van der Waals surface area contributed by atoms with E-state index in [1.165, 1.54) is 5.69 Å². The molecule has 1 aliphatic heterocycles. The molecule has 2 aliphatic rings. The first-order chi connectivity index (χ1) is 20.1. The number of hydrogen-bond acceptors (Lipinski definition) is 5. The molecule has 4 aromatic rings. The number of nitrogens with zero attached hydrogens (tertiary/aromatic N) is 4. The average molecular weight is 553 g/mol. The van der Waals surface area contributed by atoms with Crippen molar-refractivity contribution in [2.45, 2.75) is 45.3 Å². The summed E-state index contributed by atoms with van der Waals surface area (Å²) in [6.07, 6.45) is 6.40. The fourth-order valence-corrected chi connectivity index (χ4v) is 6.35. The van der Waals surface area contributed by atoms with E-state index in [1.807, 2.05) is 25.1 Å². The first-order valence-corrected chi connectivity index (χ1v) is 15.0. The summed E-state index contributed by atoms with van der Waals surface area (Å²) in [6.45, 7) is 6.64. The summed E-state index contributed by atoms with van der Waals surface area (Å²) in [5, 5.41) is 0. The number of imidazole rings is 1. The lowest BCUT2D eigenvalue weighted by molar-refractivity contribution is -0.140. The summed E-state index contributed by atoms with van der Waals surface area (Å²) in [5.74, 6) is 1.28. The fourth-order valence-electron chi connectivity index (χ4n) is 6.35. The zero-order valence-corrected chi connectivity index (χ0v) is 24.2. The summed E-state index contributed by atoms with van der Waals surface area (Å²) in [6, 6.07) is 22.9. The molecule has 1 saturated heterocycles. The SMILES string of the molecule is CCOc1cccc(-c2ccc3nc(-c4ccccc4)c(CN4CCN(C(=O)[C@@H]5CCC[C@H](OC)C5)CC4)n3c2)c1. The number of ether oxygens (including phenoxy) is 2. The highest BCUT2D eigenvalue weighted by molar-refractivity contribution is 5.79. The van der Waals surface area contributed by atoms with Gasteiger partial charge in [0.2, 0.25) is 5.91 Å². The number of piperazine rings is 1. The minimum Gasteiger partial charge on any atom is -0.494 e. The summed E-state index contributed by atoms with van der Waals surface area (Å²) in [5.41, 5.74) is 6.47. The third-order valence-electron chi connectivity index (χ3n) is 8.61. The molecule has 2 aromatic carbocycles. The Kier molecular flexibility index (Phi) is 8.35. The van der Waals surface area contributed by atoms with Crippen LogP contribution in [0.3, 0.4) is 0 Å². The minimum atomic E-state index is 0.100. The molecule has 6 rings (SSSR count). The Morgan fingerprint density at radius 3 is 2.51 bits per heavy atom. The standard InChI is InChI=1S/C34H40N4O3/c1-3-41-30-14-7-11-26(21-30)28-15-16-32-35-33(25-9-5-4-6-10-25)31(38(32)23-28)24-36-17-19-37(20-18-36)34(39)27-12-8-13-29(22-27)40-2/h4-7,9-11,14-16,21,23,27,29H,3,8,12-13,17-20,22,24H2,1-2H3/t27-,29+/m1/s1. The van der Waals surface area contributed by atoms with Gasteiger partial charge in [-0.15, -0.1) is 0 Å². The van der Waals surface area contributed by atoms with E-state index in [4.69, 9.17) is 14.5 Å². The molecule has 7 heteroatoms. The number of hydrogen-bond donors (Lipinski definition) is 0. The van der Waals surface area contributed by atoms with Gasteiger partial charge < -0.3 is 18.8 Å². The normalized spacial score (nSPS) is 19.9.